The van der Waals surface area contributed by atoms with Gasteiger partial charge in [-0.25, -0.2) is 4.79 Å². The van der Waals surface area contributed by atoms with E-state index in [1.165, 1.54) is 0 Å². The van der Waals surface area contributed by atoms with Crippen LogP contribution in [0.2, 0.25) is 5.02 Å². The number of carbonyl (C=O) groups is 1. The molecule has 100 valence electrons. The zero-order chi connectivity index (χ0) is 13.6. The predicted molar refractivity (Wildman–Crippen MR) is 74.1 cm³/mol. The molecule has 0 saturated heterocycles. The van der Waals surface area contributed by atoms with Crippen LogP contribution in [-0.4, -0.2) is 24.7 Å². The van der Waals surface area contributed by atoms with Gasteiger partial charge in [0.2, 0.25) is 0 Å². The fourth-order valence-electron chi connectivity index (χ4n) is 1.46. The van der Waals surface area contributed by atoms with Crippen molar-refractivity contribution in [3.8, 4) is 0 Å². The Bertz CT molecular complexity index is 405. The molecule has 0 saturated carbocycles. The lowest BCUT2D eigenvalue weighted by atomic mass is 10.1. The predicted octanol–water partition coefficient (Wildman–Crippen LogP) is 3.28. The molecule has 0 unspecified atom stereocenters. The van der Waals surface area contributed by atoms with Gasteiger partial charge in [0.05, 0.1) is 10.6 Å². The number of halogens is 1. The number of benzene rings is 1. The van der Waals surface area contributed by atoms with Crippen molar-refractivity contribution in [2.75, 3.05) is 13.2 Å². The fraction of sp³-hybridized carbons (Fsp3) is 0.500. The average molecular weight is 270 g/mol. The maximum absolute atomic E-state index is 11.9. The summed E-state index contributed by atoms with van der Waals surface area (Å²) in [6, 6.07) is 6.89. The number of hydrogen-bond donors (Lipinski definition) is 1. The first-order chi connectivity index (χ1) is 8.46. The van der Waals surface area contributed by atoms with E-state index >= 15 is 0 Å². The van der Waals surface area contributed by atoms with E-state index < -0.39 is 0 Å². The second kappa shape index (κ2) is 6.76. The van der Waals surface area contributed by atoms with Crippen molar-refractivity contribution < 1.29 is 9.53 Å². The van der Waals surface area contributed by atoms with E-state index in [1.54, 1.807) is 24.3 Å². The highest BCUT2D eigenvalue weighted by atomic mass is 35.5. The van der Waals surface area contributed by atoms with Crippen molar-refractivity contribution in [3.63, 3.8) is 0 Å². The number of rotatable bonds is 6. The lowest BCUT2D eigenvalue weighted by Gasteiger charge is -2.25. The molecule has 0 bridgehead atoms. The van der Waals surface area contributed by atoms with Crippen LogP contribution in [0.4, 0.5) is 0 Å². The van der Waals surface area contributed by atoms with Gasteiger partial charge in [-0.15, -0.1) is 0 Å². The van der Waals surface area contributed by atoms with Gasteiger partial charge in [0, 0.05) is 5.54 Å². The molecule has 0 aromatic heterocycles. The van der Waals surface area contributed by atoms with Crippen molar-refractivity contribution >= 4 is 17.6 Å². The van der Waals surface area contributed by atoms with Crippen LogP contribution in [0, 0.1) is 0 Å². The van der Waals surface area contributed by atoms with Gasteiger partial charge in [-0.05, 0) is 38.9 Å². The molecule has 0 atom stereocenters. The van der Waals surface area contributed by atoms with Crippen LogP contribution in [0.15, 0.2) is 24.3 Å². The third-order valence-electron chi connectivity index (χ3n) is 2.51. The third kappa shape index (κ3) is 4.67. The minimum absolute atomic E-state index is 0.229. The van der Waals surface area contributed by atoms with E-state index in [4.69, 9.17) is 16.3 Å². The van der Waals surface area contributed by atoms with Crippen LogP contribution in [0.25, 0.3) is 0 Å². The summed E-state index contributed by atoms with van der Waals surface area (Å²) in [5, 5.41) is 3.74. The fourth-order valence-corrected chi connectivity index (χ4v) is 1.68. The molecule has 0 radical (unpaired) electrons. The Kier molecular flexibility index (Phi) is 5.63. The van der Waals surface area contributed by atoms with Crippen molar-refractivity contribution in [2.24, 2.45) is 0 Å². The van der Waals surface area contributed by atoms with E-state index in [-0.39, 0.29) is 11.5 Å². The normalized spacial score (nSPS) is 11.3. The molecule has 1 aromatic carbocycles. The highest BCUT2D eigenvalue weighted by Gasteiger charge is 2.20. The molecule has 4 heteroatoms. The number of ether oxygens (including phenoxy) is 1. The largest absolute Gasteiger partial charge is 0.460 e. The number of esters is 1. The van der Waals surface area contributed by atoms with Crippen molar-refractivity contribution in [3.05, 3.63) is 34.9 Å². The van der Waals surface area contributed by atoms with E-state index in [1.807, 2.05) is 13.8 Å². The maximum atomic E-state index is 11.9. The lowest BCUT2D eigenvalue weighted by molar-refractivity contribution is 0.0401. The molecular formula is C14H20ClNO2. The Morgan fingerprint density at radius 3 is 2.67 bits per heavy atom. The molecule has 0 aliphatic heterocycles. The van der Waals surface area contributed by atoms with Gasteiger partial charge < -0.3 is 10.1 Å². The topological polar surface area (TPSA) is 38.3 Å². The SMILES string of the molecule is CCCNC(C)(C)COC(=O)c1ccccc1Cl. The third-order valence-corrected chi connectivity index (χ3v) is 2.84. The Balaban J connectivity index is 2.54. The molecule has 3 nitrogen and oxygen atoms in total. The van der Waals surface area contributed by atoms with Gasteiger partial charge in [0.1, 0.15) is 6.61 Å². The summed E-state index contributed by atoms with van der Waals surface area (Å²) in [7, 11) is 0. The zero-order valence-electron chi connectivity index (χ0n) is 11.1. The van der Waals surface area contributed by atoms with E-state index in [0.717, 1.165) is 13.0 Å². The number of nitrogens with one attached hydrogen (secondary N) is 1. The number of carbonyl (C=O) groups excluding carboxylic acids is 1. The first-order valence-corrected chi connectivity index (χ1v) is 6.51. The summed E-state index contributed by atoms with van der Waals surface area (Å²) >= 11 is 5.94. The van der Waals surface area contributed by atoms with Crippen molar-refractivity contribution in [2.45, 2.75) is 32.7 Å². The first-order valence-electron chi connectivity index (χ1n) is 6.13. The summed E-state index contributed by atoms with van der Waals surface area (Å²) in [6.45, 7) is 7.32. The van der Waals surface area contributed by atoms with Crippen LogP contribution >= 0.6 is 11.6 Å². The second-order valence-corrected chi connectivity index (χ2v) is 5.27. The standard InChI is InChI=1S/C14H20ClNO2/c1-4-9-16-14(2,3)10-18-13(17)11-7-5-6-8-12(11)15/h5-8,16H,4,9-10H2,1-3H3. The molecule has 0 heterocycles. The minimum atomic E-state index is -0.382. The minimum Gasteiger partial charge on any atom is -0.460 e. The average Bonchev–Trinajstić information content (AvgIpc) is 2.34. The van der Waals surface area contributed by atoms with Crippen molar-refractivity contribution in [1.82, 2.24) is 5.32 Å². The molecule has 0 amide bonds. The van der Waals surface area contributed by atoms with Gasteiger partial charge in [-0.2, -0.15) is 0 Å². The monoisotopic (exact) mass is 269 g/mol. The van der Waals surface area contributed by atoms with E-state index in [2.05, 4.69) is 12.2 Å². The quantitative estimate of drug-likeness (QED) is 0.806. The number of hydrogen-bond acceptors (Lipinski definition) is 3. The van der Waals surface area contributed by atoms with Gasteiger partial charge in [0.25, 0.3) is 0 Å². The molecule has 0 fully saturated rings. The van der Waals surface area contributed by atoms with Gasteiger partial charge in [-0.3, -0.25) is 0 Å². The Labute approximate surface area is 113 Å². The Morgan fingerprint density at radius 2 is 2.06 bits per heavy atom. The summed E-state index contributed by atoms with van der Waals surface area (Å²) in [6.07, 6.45) is 1.04. The van der Waals surface area contributed by atoms with E-state index in [0.29, 0.717) is 17.2 Å². The van der Waals surface area contributed by atoms with Crippen LogP contribution in [-0.2, 0) is 4.74 Å². The Hall–Kier alpha value is -1.06. The van der Waals surface area contributed by atoms with Crippen LogP contribution < -0.4 is 5.32 Å². The first kappa shape index (κ1) is 15.0. The molecule has 1 aromatic rings. The summed E-state index contributed by atoms with van der Waals surface area (Å²) in [4.78, 5) is 11.9. The molecule has 0 aliphatic rings. The molecule has 1 N–H and O–H groups in total. The Morgan fingerprint density at radius 1 is 1.39 bits per heavy atom. The van der Waals surface area contributed by atoms with E-state index in [9.17, 15) is 4.79 Å². The smallest absolute Gasteiger partial charge is 0.339 e. The summed E-state index contributed by atoms with van der Waals surface area (Å²) in [5.74, 6) is -0.382. The summed E-state index contributed by atoms with van der Waals surface area (Å²) in [5.41, 5.74) is 0.179. The molecule has 0 aliphatic carbocycles. The van der Waals surface area contributed by atoms with Crippen LogP contribution in [0.3, 0.4) is 0 Å². The van der Waals surface area contributed by atoms with Crippen LogP contribution in [0.1, 0.15) is 37.6 Å². The highest BCUT2D eigenvalue weighted by molar-refractivity contribution is 6.33. The van der Waals surface area contributed by atoms with Gasteiger partial charge in [-0.1, -0.05) is 30.7 Å². The second-order valence-electron chi connectivity index (χ2n) is 4.87. The molecule has 0 spiro atoms. The lowest BCUT2D eigenvalue weighted by Crippen LogP contribution is -2.44. The molecular weight excluding hydrogens is 250 g/mol. The van der Waals surface area contributed by atoms with Crippen LogP contribution in [0.5, 0.6) is 0 Å². The molecule has 1 rings (SSSR count). The summed E-state index contributed by atoms with van der Waals surface area (Å²) < 4.78 is 5.28. The zero-order valence-corrected chi connectivity index (χ0v) is 11.9. The van der Waals surface area contributed by atoms with Crippen molar-refractivity contribution in [1.29, 1.82) is 0 Å². The maximum Gasteiger partial charge on any atom is 0.339 e. The van der Waals surface area contributed by atoms with Gasteiger partial charge in [0.15, 0.2) is 0 Å². The van der Waals surface area contributed by atoms with Gasteiger partial charge >= 0.3 is 5.97 Å². The highest BCUT2D eigenvalue weighted by Crippen LogP contribution is 2.16. The molecule has 18 heavy (non-hydrogen) atoms.